The lowest BCUT2D eigenvalue weighted by Crippen LogP contribution is -2.65. The van der Waals surface area contributed by atoms with Gasteiger partial charge in [-0.3, -0.25) is 0 Å². The van der Waals surface area contributed by atoms with Crippen LogP contribution in [0.5, 0.6) is 0 Å². The summed E-state index contributed by atoms with van der Waals surface area (Å²) < 4.78 is 55.5. The van der Waals surface area contributed by atoms with Crippen LogP contribution in [0.2, 0.25) is 0 Å². The van der Waals surface area contributed by atoms with Crippen LogP contribution in [0.15, 0.2) is 0 Å². The SMILES string of the molecule is CCC(C)C(C)C1OC(C)(OCC2OC(OC3C(CO)OC(OC4C(O)C(CO)OC(OC5C(CO)OC(C)C(O)C5C)C4O)C(C)C3C)C(O)C(C)C2O)CC(O)C1C. The number of ether oxygens (including phenoxy) is 9. The molecule has 0 aromatic heterocycles. The summed E-state index contributed by atoms with van der Waals surface area (Å²) in [6.07, 6.45) is -18.1. The van der Waals surface area contributed by atoms with E-state index >= 15 is 0 Å². The molecule has 60 heavy (non-hydrogen) atoms. The molecule has 352 valence electrons. The molecule has 0 aliphatic carbocycles. The Kier molecular flexibility index (Phi) is 17.7. The van der Waals surface area contributed by atoms with Crippen molar-refractivity contribution in [2.75, 3.05) is 26.4 Å². The highest BCUT2D eigenvalue weighted by Gasteiger charge is 2.54. The number of aliphatic hydroxyl groups excluding tert-OH is 9. The average molecular weight is 869 g/mol. The molecular formula is C42H76O18. The van der Waals surface area contributed by atoms with Gasteiger partial charge < -0.3 is 88.6 Å². The molecule has 18 heteroatoms. The van der Waals surface area contributed by atoms with E-state index in [1.165, 1.54) is 0 Å². The number of rotatable bonds is 15. The minimum atomic E-state index is -1.64. The summed E-state index contributed by atoms with van der Waals surface area (Å²) >= 11 is 0. The van der Waals surface area contributed by atoms with Gasteiger partial charge in [-0.05, 0) is 31.6 Å². The van der Waals surface area contributed by atoms with Crippen LogP contribution in [0.25, 0.3) is 0 Å². The zero-order chi connectivity index (χ0) is 44.5. The van der Waals surface area contributed by atoms with E-state index in [9.17, 15) is 46.0 Å². The van der Waals surface area contributed by atoms with E-state index in [0.717, 1.165) is 6.42 Å². The summed E-state index contributed by atoms with van der Waals surface area (Å²) in [5.74, 6) is -2.99. The number of hydrogen-bond acceptors (Lipinski definition) is 18. The highest BCUT2D eigenvalue weighted by Crippen LogP contribution is 2.42. The number of aliphatic hydroxyl groups is 9. The molecule has 0 amide bonds. The molecular weight excluding hydrogens is 792 g/mol. The van der Waals surface area contributed by atoms with Crippen LogP contribution in [-0.4, -0.2) is 189 Å². The Morgan fingerprint density at radius 2 is 1.10 bits per heavy atom. The summed E-state index contributed by atoms with van der Waals surface area (Å²) in [5.41, 5.74) is 0. The topological polar surface area (TPSA) is 265 Å². The van der Waals surface area contributed by atoms with E-state index in [1.54, 1.807) is 34.6 Å². The zero-order valence-electron chi connectivity index (χ0n) is 36.9. The Morgan fingerprint density at radius 3 is 1.70 bits per heavy atom. The van der Waals surface area contributed by atoms with Crippen molar-refractivity contribution in [3.8, 4) is 0 Å². The quantitative estimate of drug-likeness (QED) is 0.102. The van der Waals surface area contributed by atoms with Gasteiger partial charge >= 0.3 is 0 Å². The lowest BCUT2D eigenvalue weighted by Gasteiger charge is -2.50. The Bertz CT molecular complexity index is 1310. The van der Waals surface area contributed by atoms with Gasteiger partial charge in [-0.1, -0.05) is 61.8 Å². The molecule has 0 aromatic rings. The van der Waals surface area contributed by atoms with Crippen molar-refractivity contribution < 1.29 is 88.6 Å². The van der Waals surface area contributed by atoms with Crippen LogP contribution < -0.4 is 0 Å². The third-order valence-corrected chi connectivity index (χ3v) is 14.6. The summed E-state index contributed by atoms with van der Waals surface area (Å²) in [4.78, 5) is 0. The van der Waals surface area contributed by atoms with Crippen LogP contribution >= 0.6 is 0 Å². The van der Waals surface area contributed by atoms with Crippen molar-refractivity contribution in [1.29, 1.82) is 0 Å². The number of hydrogen-bond donors (Lipinski definition) is 9. The molecule has 5 rings (SSSR count). The van der Waals surface area contributed by atoms with E-state index in [-0.39, 0.29) is 31.0 Å². The Labute approximate surface area is 354 Å². The Balaban J connectivity index is 1.25. The van der Waals surface area contributed by atoms with Gasteiger partial charge in [-0.2, -0.15) is 0 Å². The Morgan fingerprint density at radius 1 is 0.567 bits per heavy atom. The molecule has 0 radical (unpaired) electrons. The normalized spacial score (nSPS) is 51.5. The second-order valence-electron chi connectivity index (χ2n) is 18.7. The standard InChI is InChI=1S/C42H76O18/c1-11-17(2)18(3)35-21(6)25(46)12-42(10,60-35)52-16-29-31(48)22(7)32(49)40(56-29)57-36-19(4)20(5)39(55-28(36)15-45)59-38-33(50)26(13-43)54-41(34(38)51)58-37-23(8)30(47)24(9)53-27(37)14-44/h17-41,43-51H,11-16H2,1-10H3. The first-order chi connectivity index (χ1) is 28.2. The average Bonchev–Trinajstić information content (AvgIpc) is 3.22. The van der Waals surface area contributed by atoms with Gasteiger partial charge in [-0.15, -0.1) is 0 Å². The largest absolute Gasteiger partial charge is 0.394 e. The summed E-state index contributed by atoms with van der Waals surface area (Å²) in [5, 5.41) is 97.6. The monoisotopic (exact) mass is 869 g/mol. The first-order valence-electron chi connectivity index (χ1n) is 22.0. The van der Waals surface area contributed by atoms with Gasteiger partial charge in [0.2, 0.25) is 0 Å². The van der Waals surface area contributed by atoms with Crippen LogP contribution in [0.3, 0.4) is 0 Å². The second-order valence-corrected chi connectivity index (χ2v) is 18.7. The summed E-state index contributed by atoms with van der Waals surface area (Å²) in [7, 11) is 0. The molecule has 26 atom stereocenters. The Hall–Kier alpha value is -0.720. The van der Waals surface area contributed by atoms with Gasteiger partial charge in [0.25, 0.3) is 0 Å². The van der Waals surface area contributed by atoms with Crippen LogP contribution in [0.1, 0.15) is 82.1 Å². The maximum absolute atomic E-state index is 11.5. The zero-order valence-corrected chi connectivity index (χ0v) is 36.9. The van der Waals surface area contributed by atoms with E-state index in [4.69, 9.17) is 42.6 Å². The van der Waals surface area contributed by atoms with E-state index in [1.807, 2.05) is 13.8 Å². The van der Waals surface area contributed by atoms with Crippen LogP contribution in [-0.2, 0) is 42.6 Å². The van der Waals surface area contributed by atoms with Crippen molar-refractivity contribution in [3.63, 3.8) is 0 Å². The molecule has 5 aliphatic heterocycles. The first kappa shape index (κ1) is 50.3. The minimum Gasteiger partial charge on any atom is -0.394 e. The molecule has 5 saturated heterocycles. The predicted octanol–water partition coefficient (Wildman–Crippen LogP) is -0.369. The van der Waals surface area contributed by atoms with Gasteiger partial charge in [0, 0.05) is 30.1 Å². The van der Waals surface area contributed by atoms with Crippen molar-refractivity contribution in [2.45, 2.75) is 198 Å². The molecule has 0 spiro atoms. The molecule has 5 fully saturated rings. The van der Waals surface area contributed by atoms with Gasteiger partial charge in [0.05, 0.1) is 69.2 Å². The smallest absolute Gasteiger partial charge is 0.187 e. The molecule has 0 bridgehead atoms. The molecule has 18 nitrogen and oxygen atoms in total. The predicted molar refractivity (Wildman–Crippen MR) is 211 cm³/mol. The van der Waals surface area contributed by atoms with Crippen molar-refractivity contribution in [2.24, 2.45) is 41.4 Å². The highest BCUT2D eigenvalue weighted by atomic mass is 16.8. The van der Waals surface area contributed by atoms with E-state index in [0.29, 0.717) is 5.92 Å². The fraction of sp³-hybridized carbons (Fsp3) is 1.00. The molecule has 0 aromatic carbocycles. The minimum absolute atomic E-state index is 0.108. The van der Waals surface area contributed by atoms with Gasteiger partial charge in [-0.25, -0.2) is 0 Å². The molecule has 9 N–H and O–H groups in total. The second kappa shape index (κ2) is 21.1. The molecule has 5 aliphatic rings. The fourth-order valence-corrected chi connectivity index (χ4v) is 9.55. The maximum Gasteiger partial charge on any atom is 0.187 e. The molecule has 0 saturated carbocycles. The lowest BCUT2D eigenvalue weighted by molar-refractivity contribution is -0.376. The van der Waals surface area contributed by atoms with Crippen molar-refractivity contribution in [1.82, 2.24) is 0 Å². The van der Waals surface area contributed by atoms with Crippen molar-refractivity contribution in [3.05, 3.63) is 0 Å². The van der Waals surface area contributed by atoms with Crippen LogP contribution in [0, 0.1) is 41.4 Å². The summed E-state index contributed by atoms with van der Waals surface area (Å²) in [6, 6.07) is 0. The van der Waals surface area contributed by atoms with E-state index in [2.05, 4.69) is 20.8 Å². The van der Waals surface area contributed by atoms with Gasteiger partial charge in [0.15, 0.2) is 24.7 Å². The van der Waals surface area contributed by atoms with Crippen LogP contribution in [0.4, 0.5) is 0 Å². The van der Waals surface area contributed by atoms with E-state index < -0.39 is 154 Å². The fourth-order valence-electron chi connectivity index (χ4n) is 9.55. The summed E-state index contributed by atoms with van der Waals surface area (Å²) in [6.45, 7) is 17.0. The van der Waals surface area contributed by atoms with Gasteiger partial charge in [0.1, 0.15) is 48.8 Å². The first-order valence-corrected chi connectivity index (χ1v) is 22.0. The maximum atomic E-state index is 11.5. The third-order valence-electron chi connectivity index (χ3n) is 14.6. The lowest BCUT2D eigenvalue weighted by atomic mass is 9.78. The third kappa shape index (κ3) is 10.5. The molecule has 26 unspecified atom stereocenters. The highest BCUT2D eigenvalue weighted by molar-refractivity contribution is 4.97. The van der Waals surface area contributed by atoms with Crippen molar-refractivity contribution >= 4 is 0 Å². The molecule has 5 heterocycles.